The van der Waals surface area contributed by atoms with Gasteiger partial charge in [0.2, 0.25) is 0 Å². The van der Waals surface area contributed by atoms with Gasteiger partial charge < -0.3 is 25.2 Å². The summed E-state index contributed by atoms with van der Waals surface area (Å²) in [5.74, 6) is -3.34. The van der Waals surface area contributed by atoms with Crippen molar-refractivity contribution in [3.05, 3.63) is 53.6 Å². The number of carbonyl (C=O) groups is 2. The number of aliphatic carboxylic acids is 1. The molecule has 0 amide bonds. The number of esters is 1. The zero-order valence-corrected chi connectivity index (χ0v) is 11.6. The van der Waals surface area contributed by atoms with Crippen LogP contribution in [0.3, 0.4) is 0 Å². The minimum absolute atomic E-state index is 0.217. The van der Waals surface area contributed by atoms with Crippen molar-refractivity contribution in [2.45, 2.75) is 0 Å². The summed E-state index contributed by atoms with van der Waals surface area (Å²) < 4.78 is 4.97. The second kappa shape index (κ2) is 6.52. The van der Waals surface area contributed by atoms with Crippen LogP contribution in [0.2, 0.25) is 0 Å². The third-order valence-electron chi connectivity index (χ3n) is 2.80. The number of hydrogen-bond acceptors (Lipinski definition) is 6. The third kappa shape index (κ3) is 4.01. The Morgan fingerprint density at radius 3 is 2.35 bits per heavy atom. The van der Waals surface area contributed by atoms with Gasteiger partial charge in [-0.3, -0.25) is 0 Å². The van der Waals surface area contributed by atoms with Gasteiger partial charge in [-0.25, -0.2) is 9.59 Å². The second-order valence-electron chi connectivity index (χ2n) is 4.49. The molecule has 0 saturated carbocycles. The van der Waals surface area contributed by atoms with Crippen molar-refractivity contribution in [2.24, 2.45) is 0 Å². The average Bonchev–Trinajstić information content (AvgIpc) is 2.50. The topological polar surface area (TPSA) is 124 Å². The molecule has 2 rings (SSSR count). The highest BCUT2D eigenvalue weighted by Crippen LogP contribution is 2.30. The highest BCUT2D eigenvalue weighted by molar-refractivity contribution is 5.94. The van der Waals surface area contributed by atoms with Crippen LogP contribution in [0.25, 0.3) is 6.08 Å². The summed E-state index contributed by atoms with van der Waals surface area (Å²) in [7, 11) is 0. The lowest BCUT2D eigenvalue weighted by Crippen LogP contribution is -2.09. The smallest absolute Gasteiger partial charge is 0.347 e. The van der Waals surface area contributed by atoms with E-state index in [1.165, 1.54) is 30.3 Å². The van der Waals surface area contributed by atoms with Gasteiger partial charge in [-0.1, -0.05) is 6.07 Å². The summed E-state index contributed by atoms with van der Waals surface area (Å²) >= 11 is 0. The van der Waals surface area contributed by atoms with Crippen LogP contribution in [0, 0.1) is 0 Å². The fourth-order valence-electron chi connectivity index (χ4n) is 1.73. The number of phenols is 3. The van der Waals surface area contributed by atoms with Gasteiger partial charge in [0.25, 0.3) is 0 Å². The number of benzene rings is 2. The summed E-state index contributed by atoms with van der Waals surface area (Å²) in [6, 6.07) is 7.25. The molecular formula is C16H12O7. The quantitative estimate of drug-likeness (QED) is 0.295. The van der Waals surface area contributed by atoms with Gasteiger partial charge >= 0.3 is 11.9 Å². The summed E-state index contributed by atoms with van der Waals surface area (Å²) in [5, 5.41) is 37.2. The second-order valence-corrected chi connectivity index (χ2v) is 4.49. The summed E-state index contributed by atoms with van der Waals surface area (Å²) in [6.45, 7) is 0. The van der Waals surface area contributed by atoms with E-state index in [0.29, 0.717) is 5.56 Å². The number of phenolic OH excluding ortho intramolecular Hbond substituents is 3. The third-order valence-corrected chi connectivity index (χ3v) is 2.80. The van der Waals surface area contributed by atoms with E-state index >= 15 is 0 Å². The standard InChI is InChI=1S/C16H12O7/c17-10-3-5-12(18)11(8-10)16(22)23-14-7-9(1-4-13(14)19)2-6-15(20)21/h1-8,17-19H,(H,20,21). The van der Waals surface area contributed by atoms with Gasteiger partial charge in [-0.2, -0.15) is 0 Å². The van der Waals surface area contributed by atoms with E-state index < -0.39 is 17.7 Å². The van der Waals surface area contributed by atoms with Gasteiger partial charge in [0.1, 0.15) is 17.1 Å². The number of hydrogen-bond donors (Lipinski definition) is 4. The van der Waals surface area contributed by atoms with Gasteiger partial charge in [-0.15, -0.1) is 0 Å². The molecule has 4 N–H and O–H groups in total. The molecule has 0 atom stereocenters. The SMILES string of the molecule is O=C(O)C=Cc1ccc(O)c(OC(=O)c2cc(O)ccc2O)c1. The van der Waals surface area contributed by atoms with Crippen molar-refractivity contribution < 1.29 is 34.8 Å². The fraction of sp³-hybridized carbons (Fsp3) is 0. The Morgan fingerprint density at radius 1 is 0.957 bits per heavy atom. The highest BCUT2D eigenvalue weighted by Gasteiger charge is 2.16. The van der Waals surface area contributed by atoms with Crippen molar-refractivity contribution in [3.63, 3.8) is 0 Å². The van der Waals surface area contributed by atoms with Crippen molar-refractivity contribution in [3.8, 4) is 23.0 Å². The molecule has 7 nitrogen and oxygen atoms in total. The van der Waals surface area contributed by atoms with Crippen molar-refractivity contribution in [2.75, 3.05) is 0 Å². The van der Waals surface area contributed by atoms with E-state index in [2.05, 4.69) is 0 Å². The molecule has 7 heteroatoms. The van der Waals surface area contributed by atoms with Gasteiger partial charge in [-0.05, 0) is 42.0 Å². The molecule has 0 aliphatic carbocycles. The molecule has 0 radical (unpaired) electrons. The van der Waals surface area contributed by atoms with Crippen molar-refractivity contribution in [1.29, 1.82) is 0 Å². The molecule has 0 saturated heterocycles. The maximum atomic E-state index is 12.0. The predicted molar refractivity (Wildman–Crippen MR) is 79.5 cm³/mol. The molecule has 0 aliphatic heterocycles. The summed E-state index contributed by atoms with van der Waals surface area (Å²) in [6.07, 6.45) is 2.14. The molecule has 0 fully saturated rings. The van der Waals surface area contributed by atoms with Crippen LogP contribution < -0.4 is 4.74 Å². The molecular weight excluding hydrogens is 304 g/mol. The molecule has 118 valence electrons. The highest BCUT2D eigenvalue weighted by atomic mass is 16.5. The summed E-state index contributed by atoms with van der Waals surface area (Å²) in [5.41, 5.74) is 0.101. The number of carboxylic acid groups (broad SMARTS) is 1. The molecule has 2 aromatic rings. The number of carbonyl (C=O) groups excluding carboxylic acids is 1. The van der Waals surface area contributed by atoms with Crippen LogP contribution in [0.4, 0.5) is 0 Å². The van der Waals surface area contributed by atoms with E-state index in [9.17, 15) is 24.9 Å². The molecule has 0 aliphatic rings. The van der Waals surface area contributed by atoms with E-state index in [0.717, 1.165) is 18.2 Å². The van der Waals surface area contributed by atoms with Gasteiger partial charge in [0, 0.05) is 6.08 Å². The fourth-order valence-corrected chi connectivity index (χ4v) is 1.73. The van der Waals surface area contributed by atoms with E-state index in [1.54, 1.807) is 0 Å². The monoisotopic (exact) mass is 316 g/mol. The van der Waals surface area contributed by atoms with Gasteiger partial charge in [0.15, 0.2) is 11.5 Å². The number of aromatic hydroxyl groups is 3. The first-order valence-electron chi connectivity index (χ1n) is 6.35. The lowest BCUT2D eigenvalue weighted by atomic mass is 10.1. The van der Waals surface area contributed by atoms with Crippen LogP contribution in [0.15, 0.2) is 42.5 Å². The largest absolute Gasteiger partial charge is 0.508 e. The Balaban J connectivity index is 2.28. The number of rotatable bonds is 4. The lowest BCUT2D eigenvalue weighted by Gasteiger charge is -2.08. The summed E-state index contributed by atoms with van der Waals surface area (Å²) in [4.78, 5) is 22.5. The number of ether oxygens (including phenoxy) is 1. The van der Waals surface area contributed by atoms with E-state index in [1.807, 2.05) is 0 Å². The minimum atomic E-state index is -1.15. The first-order chi connectivity index (χ1) is 10.9. The minimum Gasteiger partial charge on any atom is -0.508 e. The first-order valence-corrected chi connectivity index (χ1v) is 6.35. The Morgan fingerprint density at radius 2 is 1.65 bits per heavy atom. The van der Waals surface area contributed by atoms with Crippen LogP contribution in [-0.4, -0.2) is 32.4 Å². The van der Waals surface area contributed by atoms with E-state index in [-0.39, 0.29) is 22.8 Å². The molecule has 0 aromatic heterocycles. The predicted octanol–water partition coefficient (Wildman–Crippen LogP) is 2.12. The van der Waals surface area contributed by atoms with Gasteiger partial charge in [0.05, 0.1) is 0 Å². The molecule has 23 heavy (non-hydrogen) atoms. The Kier molecular flexibility index (Phi) is 4.51. The first kappa shape index (κ1) is 15.9. The lowest BCUT2D eigenvalue weighted by molar-refractivity contribution is -0.131. The van der Waals surface area contributed by atoms with Crippen LogP contribution in [0.1, 0.15) is 15.9 Å². The molecule has 2 aromatic carbocycles. The van der Waals surface area contributed by atoms with Crippen molar-refractivity contribution >= 4 is 18.0 Å². The van der Waals surface area contributed by atoms with Crippen LogP contribution >= 0.6 is 0 Å². The number of carboxylic acids is 1. The zero-order valence-electron chi connectivity index (χ0n) is 11.6. The zero-order chi connectivity index (χ0) is 17.0. The Labute approximate surface area is 130 Å². The average molecular weight is 316 g/mol. The van der Waals surface area contributed by atoms with Crippen LogP contribution in [-0.2, 0) is 4.79 Å². The maximum absolute atomic E-state index is 12.0. The normalized spacial score (nSPS) is 10.6. The molecule has 0 bridgehead atoms. The molecule has 0 spiro atoms. The Hall–Kier alpha value is -3.48. The molecule has 0 heterocycles. The molecule has 0 unspecified atom stereocenters. The van der Waals surface area contributed by atoms with Crippen LogP contribution in [0.5, 0.6) is 23.0 Å². The Bertz CT molecular complexity index is 793. The van der Waals surface area contributed by atoms with Crippen molar-refractivity contribution in [1.82, 2.24) is 0 Å². The van der Waals surface area contributed by atoms with E-state index in [4.69, 9.17) is 9.84 Å². The maximum Gasteiger partial charge on any atom is 0.347 e.